The van der Waals surface area contributed by atoms with Gasteiger partial charge in [-0.25, -0.2) is 4.98 Å². The third-order valence-electron chi connectivity index (χ3n) is 3.86. The Morgan fingerprint density at radius 2 is 1.72 bits per heavy atom. The van der Waals surface area contributed by atoms with E-state index in [1.54, 1.807) is 18.5 Å². The first-order valence-corrected chi connectivity index (χ1v) is 8.77. The fourth-order valence-corrected chi connectivity index (χ4v) is 3.37. The maximum absolute atomic E-state index is 12.4. The van der Waals surface area contributed by atoms with Crippen molar-refractivity contribution in [3.8, 4) is 0 Å². The molecule has 0 atom stereocenters. The lowest BCUT2D eigenvalue weighted by Crippen LogP contribution is -2.46. The van der Waals surface area contributed by atoms with Crippen molar-refractivity contribution in [2.24, 2.45) is 0 Å². The van der Waals surface area contributed by atoms with Gasteiger partial charge in [-0.05, 0) is 36.1 Å². The van der Waals surface area contributed by atoms with Gasteiger partial charge in [0.1, 0.15) is 10.7 Å². The molecule has 25 heavy (non-hydrogen) atoms. The first-order chi connectivity index (χ1) is 11.8. The van der Waals surface area contributed by atoms with E-state index in [9.17, 15) is 9.59 Å². The number of nitrogens with zero attached hydrogens (tertiary/aromatic N) is 1. The first-order valence-electron chi connectivity index (χ1n) is 7.90. The second kappa shape index (κ2) is 6.33. The van der Waals surface area contributed by atoms with Crippen molar-refractivity contribution >= 4 is 23.5 Å². The Hall–Kier alpha value is -2.67. The van der Waals surface area contributed by atoms with E-state index in [0.29, 0.717) is 5.69 Å². The Morgan fingerprint density at radius 3 is 2.28 bits per heavy atom. The lowest BCUT2D eigenvalue weighted by atomic mass is 9.90. The van der Waals surface area contributed by atoms with Crippen molar-refractivity contribution in [2.75, 3.05) is 0 Å². The number of hydrogen-bond acceptors (Lipinski definition) is 4. The molecule has 130 valence electrons. The Morgan fingerprint density at radius 1 is 1.08 bits per heavy atom. The summed E-state index contributed by atoms with van der Waals surface area (Å²) in [7, 11) is 0. The fraction of sp³-hybridized carbons (Fsp3) is 0.278. The first kappa shape index (κ1) is 17.2. The summed E-state index contributed by atoms with van der Waals surface area (Å²) in [4.78, 5) is 38.3. The molecular formula is C18H20N4O2S. The van der Waals surface area contributed by atoms with Crippen molar-refractivity contribution in [3.05, 3.63) is 71.0 Å². The average molecular weight is 356 g/mol. The summed E-state index contributed by atoms with van der Waals surface area (Å²) in [5, 5.41) is 2.37. The monoisotopic (exact) mass is 356 g/mol. The number of nitrogens with one attached hydrogen (secondary N) is 3. The normalized spacial score (nSPS) is 13.6. The van der Waals surface area contributed by atoms with Gasteiger partial charge in [0.2, 0.25) is 0 Å². The predicted molar refractivity (Wildman–Crippen MR) is 100 cm³/mol. The van der Waals surface area contributed by atoms with Crippen molar-refractivity contribution in [1.82, 2.24) is 19.9 Å². The van der Waals surface area contributed by atoms with Crippen molar-refractivity contribution in [1.29, 1.82) is 0 Å². The topological polar surface area (TPSA) is 94.4 Å². The maximum Gasteiger partial charge on any atom is 0.272 e. The Kier molecular flexibility index (Phi) is 4.34. The van der Waals surface area contributed by atoms with Crippen LogP contribution in [-0.4, -0.2) is 19.9 Å². The molecule has 3 aromatic rings. The van der Waals surface area contributed by atoms with E-state index in [2.05, 4.69) is 19.9 Å². The summed E-state index contributed by atoms with van der Waals surface area (Å²) < 4.78 is 0. The van der Waals surface area contributed by atoms with Gasteiger partial charge in [0, 0.05) is 16.0 Å². The Bertz CT molecular complexity index is 1140. The molecule has 0 bridgehead atoms. The largest absolute Gasteiger partial charge is 0.348 e. The zero-order valence-corrected chi connectivity index (χ0v) is 15.4. The second-order valence-electron chi connectivity index (χ2n) is 6.90. The number of H-pyrrole nitrogens is 3. The van der Waals surface area contributed by atoms with E-state index in [1.165, 1.54) is 11.3 Å². The van der Waals surface area contributed by atoms with Crippen LogP contribution in [0, 0.1) is 6.92 Å². The molecule has 3 rings (SSSR count). The highest BCUT2D eigenvalue weighted by Gasteiger charge is 2.19. The highest BCUT2D eigenvalue weighted by molar-refractivity contribution is 7.11. The number of imidazole rings is 1. The summed E-state index contributed by atoms with van der Waals surface area (Å²) in [6.45, 7) is 8.10. The minimum Gasteiger partial charge on any atom is -0.348 e. The van der Waals surface area contributed by atoms with Crippen LogP contribution in [0.2, 0.25) is 0 Å². The predicted octanol–water partition coefficient (Wildman–Crippen LogP) is 1.11. The van der Waals surface area contributed by atoms with Gasteiger partial charge in [-0.3, -0.25) is 9.59 Å². The van der Waals surface area contributed by atoms with Crippen molar-refractivity contribution < 1.29 is 0 Å². The third kappa shape index (κ3) is 3.56. The quantitative estimate of drug-likeness (QED) is 0.642. The van der Waals surface area contributed by atoms with Gasteiger partial charge in [0.25, 0.3) is 11.1 Å². The molecular weight excluding hydrogens is 336 g/mol. The van der Waals surface area contributed by atoms with E-state index < -0.39 is 0 Å². The van der Waals surface area contributed by atoms with Crippen LogP contribution in [0.4, 0.5) is 0 Å². The van der Waals surface area contributed by atoms with Crippen LogP contribution in [0.1, 0.15) is 42.6 Å². The van der Waals surface area contributed by atoms with Gasteiger partial charge < -0.3 is 15.0 Å². The molecule has 0 aliphatic carbocycles. The smallest absolute Gasteiger partial charge is 0.272 e. The average Bonchev–Trinajstić information content (AvgIpc) is 3.13. The minimum atomic E-state index is -0.358. The molecule has 0 unspecified atom stereocenters. The fourth-order valence-electron chi connectivity index (χ4n) is 2.51. The zero-order valence-electron chi connectivity index (χ0n) is 14.6. The van der Waals surface area contributed by atoms with Crippen molar-refractivity contribution in [2.45, 2.75) is 33.1 Å². The molecule has 0 radical (unpaired) electrons. The van der Waals surface area contributed by atoms with E-state index >= 15 is 0 Å². The van der Waals surface area contributed by atoms with E-state index in [0.717, 1.165) is 16.1 Å². The van der Waals surface area contributed by atoms with Crippen LogP contribution in [0.3, 0.4) is 0 Å². The zero-order chi connectivity index (χ0) is 18.2. The molecule has 3 heterocycles. The number of aromatic nitrogens is 4. The van der Waals surface area contributed by atoms with Crippen LogP contribution in [0.15, 0.2) is 27.4 Å². The van der Waals surface area contributed by atoms with Gasteiger partial charge in [0.15, 0.2) is 0 Å². The van der Waals surface area contributed by atoms with Crippen LogP contribution in [-0.2, 0) is 5.41 Å². The highest BCUT2D eigenvalue weighted by Crippen LogP contribution is 2.22. The number of thiophene rings is 1. The summed E-state index contributed by atoms with van der Waals surface area (Å²) in [5.74, 6) is 0. The lowest BCUT2D eigenvalue weighted by molar-refractivity contribution is 0.571. The molecule has 0 saturated carbocycles. The van der Waals surface area contributed by atoms with Gasteiger partial charge in [-0.2, -0.15) is 0 Å². The van der Waals surface area contributed by atoms with Crippen LogP contribution in [0.25, 0.3) is 12.2 Å². The standard InChI is InChI=1S/C18H20N4O2S/c1-10-5-6-25-14(10)8-13-17(24)21-12(16(23)22-13)7-11-15(18(2,3)4)20-9-19-11/h5-9H,1-4H3,(H,19,20)(H,21,24)(H,22,23)/b12-7-,13-8-. The van der Waals surface area contributed by atoms with E-state index in [-0.39, 0.29) is 27.2 Å². The third-order valence-corrected chi connectivity index (χ3v) is 4.83. The number of rotatable bonds is 2. The van der Waals surface area contributed by atoms with Gasteiger partial charge in [0.05, 0.1) is 12.0 Å². The lowest BCUT2D eigenvalue weighted by Gasteiger charge is -2.16. The molecule has 0 aromatic carbocycles. The van der Waals surface area contributed by atoms with Gasteiger partial charge in [-0.15, -0.1) is 11.3 Å². The second-order valence-corrected chi connectivity index (χ2v) is 7.85. The molecule has 0 aliphatic rings. The molecule has 0 aliphatic heterocycles. The highest BCUT2D eigenvalue weighted by atomic mass is 32.1. The van der Waals surface area contributed by atoms with E-state index in [1.807, 2.05) is 39.1 Å². The number of aryl methyl sites for hydroxylation is 1. The van der Waals surface area contributed by atoms with E-state index in [4.69, 9.17) is 0 Å². The van der Waals surface area contributed by atoms with Gasteiger partial charge in [-0.1, -0.05) is 20.8 Å². The molecule has 0 spiro atoms. The molecule has 3 aromatic heterocycles. The molecule has 0 fully saturated rings. The molecule has 7 heteroatoms. The molecule has 0 amide bonds. The number of hydrogen-bond donors (Lipinski definition) is 3. The minimum absolute atomic E-state index is 0.153. The summed E-state index contributed by atoms with van der Waals surface area (Å²) in [6.07, 6.45) is 4.87. The summed E-state index contributed by atoms with van der Waals surface area (Å²) in [5.41, 5.74) is 1.75. The summed E-state index contributed by atoms with van der Waals surface area (Å²) >= 11 is 1.52. The Labute approximate surface area is 148 Å². The van der Waals surface area contributed by atoms with Crippen LogP contribution in [0.5, 0.6) is 0 Å². The summed E-state index contributed by atoms with van der Waals surface area (Å²) in [6, 6.07) is 1.97. The van der Waals surface area contributed by atoms with Crippen molar-refractivity contribution in [3.63, 3.8) is 0 Å². The Balaban J connectivity index is 2.16. The molecule has 6 nitrogen and oxygen atoms in total. The molecule has 3 N–H and O–H groups in total. The number of aromatic amines is 3. The SMILES string of the molecule is Cc1ccsc1/C=c1\[nH]c(=O)/c(=C/c2nc[nH]c2C(C)(C)C)[nH]c1=O. The van der Waals surface area contributed by atoms with Gasteiger partial charge >= 0.3 is 0 Å². The van der Waals surface area contributed by atoms with Crippen LogP contribution < -0.4 is 21.8 Å². The van der Waals surface area contributed by atoms with Crippen LogP contribution >= 0.6 is 11.3 Å². The maximum atomic E-state index is 12.4. The molecule has 0 saturated heterocycles.